The van der Waals surface area contributed by atoms with Crippen LogP contribution in [0.1, 0.15) is 0 Å². The van der Waals surface area contributed by atoms with E-state index >= 15 is 0 Å². The Kier molecular flexibility index (Phi) is 4.41. The van der Waals surface area contributed by atoms with Crippen LogP contribution in [0.15, 0.2) is 53.0 Å². The lowest BCUT2D eigenvalue weighted by Crippen LogP contribution is -2.20. The van der Waals surface area contributed by atoms with E-state index in [1.807, 2.05) is 18.2 Å². The van der Waals surface area contributed by atoms with Gasteiger partial charge in [-0.25, -0.2) is 0 Å². The molecular weight excluding hydrogens is 310 g/mol. The summed E-state index contributed by atoms with van der Waals surface area (Å²) in [6.07, 6.45) is 0. The molecule has 0 aromatic heterocycles. The molecule has 0 aliphatic rings. The van der Waals surface area contributed by atoms with Crippen LogP contribution in [0.4, 0.5) is 5.69 Å². The molecule has 1 amide bonds. The minimum atomic E-state index is -0.296. The van der Waals surface area contributed by atoms with Crippen LogP contribution in [0.5, 0.6) is 11.5 Å². The third kappa shape index (κ3) is 3.72. The maximum absolute atomic E-state index is 11.7. The maximum atomic E-state index is 11.7. The largest absolute Gasteiger partial charge is 0.504 e. The number of anilines is 1. The lowest BCUT2D eigenvalue weighted by molar-refractivity contribution is -0.118. The summed E-state index contributed by atoms with van der Waals surface area (Å²) >= 11 is 3.34. The summed E-state index contributed by atoms with van der Waals surface area (Å²) in [5, 5.41) is 12.2. The number of halogens is 1. The second-order valence-electron chi connectivity index (χ2n) is 3.78. The zero-order chi connectivity index (χ0) is 13.7. The molecule has 0 atom stereocenters. The molecule has 2 N–H and O–H groups in total. The van der Waals surface area contributed by atoms with Gasteiger partial charge in [0, 0.05) is 4.47 Å². The van der Waals surface area contributed by atoms with Crippen LogP contribution in [0.3, 0.4) is 0 Å². The second-order valence-corrected chi connectivity index (χ2v) is 4.64. The molecule has 2 aromatic rings. The van der Waals surface area contributed by atoms with E-state index in [-0.39, 0.29) is 24.0 Å². The summed E-state index contributed by atoms with van der Waals surface area (Å²) in [6.45, 7) is -0.168. The van der Waals surface area contributed by atoms with Crippen molar-refractivity contribution in [3.05, 3.63) is 53.0 Å². The van der Waals surface area contributed by atoms with Crippen molar-refractivity contribution < 1.29 is 14.6 Å². The van der Waals surface area contributed by atoms with E-state index in [2.05, 4.69) is 21.2 Å². The highest BCUT2D eigenvalue weighted by atomic mass is 79.9. The van der Waals surface area contributed by atoms with Crippen molar-refractivity contribution in [1.29, 1.82) is 0 Å². The fourth-order valence-electron chi connectivity index (χ4n) is 1.47. The molecule has 2 rings (SSSR count). The quantitative estimate of drug-likeness (QED) is 0.909. The Morgan fingerprint density at radius 2 is 1.84 bits per heavy atom. The Balaban J connectivity index is 1.92. The smallest absolute Gasteiger partial charge is 0.262 e. The molecule has 0 fully saturated rings. The molecule has 0 unspecified atom stereocenters. The van der Waals surface area contributed by atoms with Crippen molar-refractivity contribution in [3.8, 4) is 11.5 Å². The van der Waals surface area contributed by atoms with Crippen LogP contribution in [-0.2, 0) is 4.79 Å². The van der Waals surface area contributed by atoms with Gasteiger partial charge >= 0.3 is 0 Å². The minimum absolute atomic E-state index is 0.0104. The molecule has 19 heavy (non-hydrogen) atoms. The van der Waals surface area contributed by atoms with Crippen LogP contribution in [-0.4, -0.2) is 17.6 Å². The van der Waals surface area contributed by atoms with Crippen molar-refractivity contribution >= 4 is 27.5 Å². The molecule has 2 aromatic carbocycles. The molecule has 0 aliphatic carbocycles. The van der Waals surface area contributed by atoms with Gasteiger partial charge in [0.25, 0.3) is 5.91 Å². The van der Waals surface area contributed by atoms with Gasteiger partial charge in [0.2, 0.25) is 0 Å². The number of hydrogen-bond acceptors (Lipinski definition) is 3. The number of phenolic OH excluding ortho intramolecular Hbond substituents is 1. The first-order chi connectivity index (χ1) is 9.16. The molecule has 4 nitrogen and oxygen atoms in total. The van der Waals surface area contributed by atoms with Gasteiger partial charge in [-0.15, -0.1) is 0 Å². The molecule has 0 radical (unpaired) electrons. The number of nitrogens with one attached hydrogen (secondary N) is 1. The van der Waals surface area contributed by atoms with E-state index in [9.17, 15) is 9.90 Å². The first-order valence-electron chi connectivity index (χ1n) is 5.62. The van der Waals surface area contributed by atoms with Crippen molar-refractivity contribution in [2.75, 3.05) is 11.9 Å². The number of ether oxygens (including phenoxy) is 1. The lowest BCUT2D eigenvalue weighted by atomic mass is 10.3. The minimum Gasteiger partial charge on any atom is -0.504 e. The predicted molar refractivity (Wildman–Crippen MR) is 76.4 cm³/mol. The summed E-state index contributed by atoms with van der Waals surface area (Å²) in [7, 11) is 0. The number of hydrogen-bond donors (Lipinski definition) is 2. The van der Waals surface area contributed by atoms with Crippen LogP contribution >= 0.6 is 15.9 Å². The van der Waals surface area contributed by atoms with Crippen molar-refractivity contribution in [2.45, 2.75) is 0 Å². The third-order valence-electron chi connectivity index (χ3n) is 2.37. The Bertz CT molecular complexity index is 586. The fourth-order valence-corrected chi connectivity index (χ4v) is 1.86. The number of amides is 1. The fraction of sp³-hybridized carbons (Fsp3) is 0.0714. The molecule has 5 heteroatoms. The summed E-state index contributed by atoms with van der Waals surface area (Å²) in [4.78, 5) is 11.7. The van der Waals surface area contributed by atoms with E-state index in [1.54, 1.807) is 24.3 Å². The number of benzene rings is 2. The van der Waals surface area contributed by atoms with Gasteiger partial charge in [-0.1, -0.05) is 24.3 Å². The SMILES string of the molecule is O=C(COc1ccccc1O)Nc1ccccc1Br. The summed E-state index contributed by atoms with van der Waals surface area (Å²) < 4.78 is 6.03. The number of carbonyl (C=O) groups is 1. The molecule has 0 aliphatic heterocycles. The molecule has 0 saturated carbocycles. The van der Waals surface area contributed by atoms with Crippen LogP contribution in [0.2, 0.25) is 0 Å². The highest BCUT2D eigenvalue weighted by molar-refractivity contribution is 9.10. The standard InChI is InChI=1S/C14H12BrNO3/c15-10-5-1-2-6-11(10)16-14(18)9-19-13-8-4-3-7-12(13)17/h1-8,17H,9H2,(H,16,18). The molecule has 0 bridgehead atoms. The molecule has 98 valence electrons. The van der Waals surface area contributed by atoms with Gasteiger partial charge in [-0.2, -0.15) is 0 Å². The average molecular weight is 322 g/mol. The van der Waals surface area contributed by atoms with Gasteiger partial charge in [0.05, 0.1) is 5.69 Å². The van der Waals surface area contributed by atoms with E-state index in [1.165, 1.54) is 6.07 Å². The molecular formula is C14H12BrNO3. The first kappa shape index (κ1) is 13.4. The molecule has 0 saturated heterocycles. The first-order valence-corrected chi connectivity index (χ1v) is 6.41. The summed E-state index contributed by atoms with van der Waals surface area (Å²) in [6, 6.07) is 13.8. The van der Waals surface area contributed by atoms with Gasteiger partial charge < -0.3 is 15.2 Å². The van der Waals surface area contributed by atoms with Crippen LogP contribution < -0.4 is 10.1 Å². The number of rotatable bonds is 4. The Morgan fingerprint density at radius 1 is 1.16 bits per heavy atom. The normalized spacial score (nSPS) is 9.95. The van der Waals surface area contributed by atoms with E-state index in [4.69, 9.17) is 4.74 Å². The van der Waals surface area contributed by atoms with Crippen molar-refractivity contribution in [3.63, 3.8) is 0 Å². The highest BCUT2D eigenvalue weighted by Gasteiger charge is 2.07. The maximum Gasteiger partial charge on any atom is 0.262 e. The molecule has 0 spiro atoms. The zero-order valence-corrected chi connectivity index (χ0v) is 11.6. The number of carbonyl (C=O) groups excluding carboxylic acids is 1. The number of aromatic hydroxyl groups is 1. The summed E-state index contributed by atoms with van der Waals surface area (Å²) in [5.41, 5.74) is 0.674. The highest BCUT2D eigenvalue weighted by Crippen LogP contribution is 2.24. The van der Waals surface area contributed by atoms with Gasteiger partial charge in [-0.05, 0) is 40.2 Å². The van der Waals surface area contributed by atoms with Gasteiger partial charge in [0.15, 0.2) is 18.1 Å². The average Bonchev–Trinajstić information content (AvgIpc) is 2.40. The molecule has 0 heterocycles. The van der Waals surface area contributed by atoms with Gasteiger partial charge in [0.1, 0.15) is 0 Å². The monoisotopic (exact) mass is 321 g/mol. The van der Waals surface area contributed by atoms with Crippen molar-refractivity contribution in [2.24, 2.45) is 0 Å². The Hall–Kier alpha value is -2.01. The van der Waals surface area contributed by atoms with E-state index in [0.717, 1.165) is 4.47 Å². The van der Waals surface area contributed by atoms with Crippen LogP contribution in [0, 0.1) is 0 Å². The second kappa shape index (κ2) is 6.24. The van der Waals surface area contributed by atoms with Gasteiger partial charge in [-0.3, -0.25) is 4.79 Å². The van der Waals surface area contributed by atoms with E-state index < -0.39 is 0 Å². The van der Waals surface area contributed by atoms with Crippen molar-refractivity contribution in [1.82, 2.24) is 0 Å². The zero-order valence-electron chi connectivity index (χ0n) is 9.97. The lowest BCUT2D eigenvalue weighted by Gasteiger charge is -2.09. The number of phenols is 1. The summed E-state index contributed by atoms with van der Waals surface area (Å²) in [5.74, 6) is -0.00359. The van der Waals surface area contributed by atoms with Crippen LogP contribution in [0.25, 0.3) is 0 Å². The predicted octanol–water partition coefficient (Wildman–Crippen LogP) is 3.17. The van der Waals surface area contributed by atoms with E-state index in [0.29, 0.717) is 5.69 Å². The third-order valence-corrected chi connectivity index (χ3v) is 3.06. The topological polar surface area (TPSA) is 58.6 Å². The number of para-hydroxylation sites is 3. The Labute approximate surface area is 119 Å². The Morgan fingerprint density at radius 3 is 2.58 bits per heavy atom.